The van der Waals surface area contributed by atoms with Crippen molar-refractivity contribution in [2.24, 2.45) is 0 Å². The fraction of sp³-hybridized carbons (Fsp3) is 0.200. The molecular formula is C10H9BrO2S. The SMILES string of the molecule is CC(Br)C(=O)c1c(S)cccc1C=O. The van der Waals surface area contributed by atoms with Crippen molar-refractivity contribution >= 4 is 40.6 Å². The molecule has 4 heteroatoms. The number of thiol groups is 1. The maximum absolute atomic E-state index is 11.7. The molecule has 0 amide bonds. The predicted octanol–water partition coefficient (Wildman–Crippen LogP) is 2.75. The maximum atomic E-state index is 11.7. The van der Waals surface area contributed by atoms with Gasteiger partial charge < -0.3 is 0 Å². The number of carbonyl (C=O) groups excluding carboxylic acids is 2. The Balaban J connectivity index is 3.30. The Morgan fingerprint density at radius 3 is 2.71 bits per heavy atom. The second-order valence-electron chi connectivity index (χ2n) is 2.84. The van der Waals surface area contributed by atoms with E-state index < -0.39 is 0 Å². The van der Waals surface area contributed by atoms with E-state index in [0.29, 0.717) is 22.3 Å². The van der Waals surface area contributed by atoms with E-state index in [1.807, 2.05) is 0 Å². The van der Waals surface area contributed by atoms with E-state index >= 15 is 0 Å². The lowest BCUT2D eigenvalue weighted by Crippen LogP contribution is -2.13. The molecule has 0 aliphatic heterocycles. The molecule has 1 unspecified atom stereocenters. The zero-order valence-corrected chi connectivity index (χ0v) is 10.0. The number of Topliss-reactive ketones (excluding diaryl/α,β-unsaturated/α-hetero) is 1. The first kappa shape index (κ1) is 11.5. The van der Waals surface area contributed by atoms with Crippen LogP contribution in [0.3, 0.4) is 0 Å². The number of alkyl halides is 1. The Morgan fingerprint density at radius 2 is 2.21 bits per heavy atom. The summed E-state index contributed by atoms with van der Waals surface area (Å²) in [5.41, 5.74) is 0.768. The Hall–Kier alpha value is -0.610. The Morgan fingerprint density at radius 1 is 1.57 bits per heavy atom. The number of halogens is 1. The molecule has 0 fully saturated rings. The molecule has 14 heavy (non-hydrogen) atoms. The lowest BCUT2D eigenvalue weighted by molar-refractivity contribution is 0.0986. The molecule has 0 aliphatic rings. The van der Waals surface area contributed by atoms with Gasteiger partial charge in [-0.25, -0.2) is 0 Å². The zero-order chi connectivity index (χ0) is 10.7. The molecule has 0 radical (unpaired) electrons. The van der Waals surface area contributed by atoms with Crippen LogP contribution in [0, 0.1) is 0 Å². The first-order chi connectivity index (χ1) is 6.57. The van der Waals surface area contributed by atoms with Crippen molar-refractivity contribution in [3.05, 3.63) is 29.3 Å². The third-order valence-electron chi connectivity index (χ3n) is 1.81. The van der Waals surface area contributed by atoms with E-state index in [9.17, 15) is 9.59 Å². The van der Waals surface area contributed by atoms with Crippen LogP contribution in [0.2, 0.25) is 0 Å². The van der Waals surface area contributed by atoms with Crippen LogP contribution in [0.15, 0.2) is 23.1 Å². The number of benzene rings is 1. The summed E-state index contributed by atoms with van der Waals surface area (Å²) >= 11 is 7.33. The van der Waals surface area contributed by atoms with Gasteiger partial charge in [-0.1, -0.05) is 28.1 Å². The van der Waals surface area contributed by atoms with Crippen molar-refractivity contribution in [1.82, 2.24) is 0 Å². The van der Waals surface area contributed by atoms with Crippen LogP contribution in [-0.4, -0.2) is 16.9 Å². The molecule has 0 spiro atoms. The smallest absolute Gasteiger partial charge is 0.178 e. The summed E-state index contributed by atoms with van der Waals surface area (Å²) in [6.07, 6.45) is 0.669. The molecule has 0 N–H and O–H groups in total. The molecular weight excluding hydrogens is 264 g/mol. The van der Waals surface area contributed by atoms with Gasteiger partial charge in [0.2, 0.25) is 0 Å². The minimum Gasteiger partial charge on any atom is -0.298 e. The fourth-order valence-electron chi connectivity index (χ4n) is 1.12. The van der Waals surface area contributed by atoms with Crippen molar-refractivity contribution in [2.45, 2.75) is 16.6 Å². The van der Waals surface area contributed by atoms with Crippen LogP contribution in [0.4, 0.5) is 0 Å². The molecule has 0 aromatic heterocycles. The summed E-state index contributed by atoms with van der Waals surface area (Å²) < 4.78 is 0. The Kier molecular flexibility index (Phi) is 3.89. The van der Waals surface area contributed by atoms with Crippen LogP contribution in [0.25, 0.3) is 0 Å². The van der Waals surface area contributed by atoms with Crippen molar-refractivity contribution < 1.29 is 9.59 Å². The minimum atomic E-state index is -0.311. The average Bonchev–Trinajstić information content (AvgIpc) is 2.16. The van der Waals surface area contributed by atoms with Crippen molar-refractivity contribution in [2.75, 3.05) is 0 Å². The molecule has 0 saturated heterocycles. The van der Waals surface area contributed by atoms with Gasteiger partial charge in [-0.15, -0.1) is 12.6 Å². The van der Waals surface area contributed by atoms with E-state index in [1.54, 1.807) is 25.1 Å². The third-order valence-corrected chi connectivity index (χ3v) is 2.60. The second-order valence-corrected chi connectivity index (χ2v) is 4.69. The van der Waals surface area contributed by atoms with E-state index in [1.165, 1.54) is 0 Å². The topological polar surface area (TPSA) is 34.1 Å². The average molecular weight is 273 g/mol. The second kappa shape index (κ2) is 4.75. The molecule has 0 aliphatic carbocycles. The molecule has 0 bridgehead atoms. The summed E-state index contributed by atoms with van der Waals surface area (Å²) in [6.45, 7) is 1.72. The van der Waals surface area contributed by atoms with Gasteiger partial charge in [-0.2, -0.15) is 0 Å². The Labute approximate surface area is 96.2 Å². The normalized spacial score (nSPS) is 12.2. The highest BCUT2D eigenvalue weighted by Crippen LogP contribution is 2.21. The van der Waals surface area contributed by atoms with Gasteiger partial charge in [-0.05, 0) is 13.0 Å². The minimum absolute atomic E-state index is 0.127. The van der Waals surface area contributed by atoms with Crippen LogP contribution in [0.1, 0.15) is 27.6 Å². The van der Waals surface area contributed by atoms with Crippen molar-refractivity contribution in [3.8, 4) is 0 Å². The number of rotatable bonds is 3. The summed E-state index contributed by atoms with van der Waals surface area (Å²) in [5.74, 6) is -0.127. The Bertz CT molecular complexity index is 374. The molecule has 74 valence electrons. The van der Waals surface area contributed by atoms with Crippen LogP contribution in [0.5, 0.6) is 0 Å². The summed E-state index contributed by atoms with van der Waals surface area (Å²) in [4.78, 5) is 22.6. The lowest BCUT2D eigenvalue weighted by atomic mass is 10.0. The fourth-order valence-corrected chi connectivity index (χ4v) is 1.68. The summed E-state index contributed by atoms with van der Waals surface area (Å²) in [5, 5.41) is 0. The molecule has 0 heterocycles. The highest BCUT2D eigenvalue weighted by atomic mass is 79.9. The largest absolute Gasteiger partial charge is 0.298 e. The van der Waals surface area contributed by atoms with E-state index in [4.69, 9.17) is 0 Å². The molecule has 1 rings (SSSR count). The standard InChI is InChI=1S/C10H9BrO2S/c1-6(11)10(13)9-7(5-12)3-2-4-8(9)14/h2-6,14H,1H3. The van der Waals surface area contributed by atoms with Crippen LogP contribution in [-0.2, 0) is 0 Å². The number of ketones is 1. The van der Waals surface area contributed by atoms with E-state index in [2.05, 4.69) is 28.6 Å². The number of hydrogen-bond acceptors (Lipinski definition) is 3. The highest BCUT2D eigenvalue weighted by molar-refractivity contribution is 9.10. The first-order valence-corrected chi connectivity index (χ1v) is 5.39. The van der Waals surface area contributed by atoms with Crippen molar-refractivity contribution in [3.63, 3.8) is 0 Å². The molecule has 2 nitrogen and oxygen atoms in total. The first-order valence-electron chi connectivity index (χ1n) is 4.03. The highest BCUT2D eigenvalue weighted by Gasteiger charge is 2.18. The quantitative estimate of drug-likeness (QED) is 0.397. The lowest BCUT2D eigenvalue weighted by Gasteiger charge is -2.08. The molecule has 1 atom stereocenters. The van der Waals surface area contributed by atoms with Crippen LogP contribution >= 0.6 is 28.6 Å². The predicted molar refractivity (Wildman–Crippen MR) is 61.8 cm³/mol. The van der Waals surface area contributed by atoms with Gasteiger partial charge in [-0.3, -0.25) is 9.59 Å². The van der Waals surface area contributed by atoms with E-state index in [0.717, 1.165) is 0 Å². The monoisotopic (exact) mass is 272 g/mol. The third kappa shape index (κ3) is 2.25. The van der Waals surface area contributed by atoms with Gasteiger partial charge in [0, 0.05) is 16.0 Å². The maximum Gasteiger partial charge on any atom is 0.178 e. The van der Waals surface area contributed by atoms with Crippen molar-refractivity contribution in [1.29, 1.82) is 0 Å². The number of hydrogen-bond donors (Lipinski definition) is 1. The zero-order valence-electron chi connectivity index (χ0n) is 7.53. The molecule has 1 aromatic carbocycles. The van der Waals surface area contributed by atoms with Gasteiger partial charge >= 0.3 is 0 Å². The summed E-state index contributed by atoms with van der Waals surface area (Å²) in [7, 11) is 0. The van der Waals surface area contributed by atoms with E-state index in [-0.39, 0.29) is 10.6 Å². The number of carbonyl (C=O) groups is 2. The van der Waals surface area contributed by atoms with Gasteiger partial charge in [0.15, 0.2) is 12.1 Å². The van der Waals surface area contributed by atoms with Gasteiger partial charge in [0.1, 0.15) is 0 Å². The van der Waals surface area contributed by atoms with Gasteiger partial charge in [0.25, 0.3) is 0 Å². The van der Waals surface area contributed by atoms with Crippen LogP contribution < -0.4 is 0 Å². The molecule has 0 saturated carbocycles. The number of aldehydes is 1. The summed E-state index contributed by atoms with van der Waals surface area (Å²) in [6, 6.07) is 5.00. The molecule has 1 aromatic rings. The van der Waals surface area contributed by atoms with Gasteiger partial charge in [0.05, 0.1) is 4.83 Å².